The molecule has 0 unspecified atom stereocenters. The Bertz CT molecular complexity index is 433. The Hall–Kier alpha value is -0.590. The molecule has 1 aromatic heterocycles. The Balaban J connectivity index is 2.47. The predicted molar refractivity (Wildman–Crippen MR) is 83.2 cm³/mol. The van der Waals surface area contributed by atoms with E-state index in [0.717, 1.165) is 5.75 Å². The van der Waals surface area contributed by atoms with Crippen molar-refractivity contribution in [1.29, 1.82) is 0 Å². The van der Waals surface area contributed by atoms with Gasteiger partial charge in [0.2, 0.25) is 0 Å². The molecule has 0 radical (unpaired) electrons. The molecular weight excluding hydrogens is 262 g/mol. The van der Waals surface area contributed by atoms with Gasteiger partial charge in [0.25, 0.3) is 0 Å². The van der Waals surface area contributed by atoms with Crippen LogP contribution in [-0.4, -0.2) is 62.7 Å². The Morgan fingerprint density at radius 3 is 2.42 bits per heavy atom. The maximum Gasteiger partial charge on any atom is 0.141 e. The molecule has 6 heteroatoms. The van der Waals surface area contributed by atoms with Gasteiger partial charge in [-0.1, -0.05) is 19.1 Å². The molecule has 5 nitrogen and oxygen atoms in total. The molecule has 1 N–H and O–H groups in total. The summed E-state index contributed by atoms with van der Waals surface area (Å²) in [5.74, 6) is 1.07. The fraction of sp³-hybridized carbons (Fsp3) is 0.846. The van der Waals surface area contributed by atoms with Crippen LogP contribution in [0.4, 0.5) is 0 Å². The summed E-state index contributed by atoms with van der Waals surface area (Å²) in [5.41, 5.74) is 0.568. The zero-order chi connectivity index (χ0) is 14.8. The largest absolute Gasteiger partial charge is 0.390 e. The van der Waals surface area contributed by atoms with Gasteiger partial charge in [0.05, 0.1) is 19.4 Å². The number of hydrogen-bond donors (Lipinski definition) is 1. The van der Waals surface area contributed by atoms with E-state index in [1.165, 1.54) is 0 Å². The van der Waals surface area contributed by atoms with Gasteiger partial charge in [-0.25, -0.2) is 4.68 Å². The highest BCUT2D eigenvalue weighted by molar-refractivity contribution is 8.63. The topological polar surface area (TPSA) is 60.2 Å². The van der Waals surface area contributed by atoms with Crippen molar-refractivity contribution >= 4 is 8.29 Å². The maximum absolute atomic E-state index is 8.91. The Morgan fingerprint density at radius 2 is 1.95 bits per heavy atom. The number of hydrogen-bond acceptors (Lipinski definition) is 4. The molecule has 0 aliphatic carbocycles. The highest BCUT2D eigenvalue weighted by Crippen LogP contribution is 2.81. The minimum atomic E-state index is -2.04. The summed E-state index contributed by atoms with van der Waals surface area (Å²) in [5, 5.41) is 17.2. The lowest BCUT2D eigenvalue weighted by Gasteiger charge is -2.72. The van der Waals surface area contributed by atoms with Crippen molar-refractivity contribution in [2.75, 3.05) is 37.4 Å². The molecular formula is C13H29N3O2S. The van der Waals surface area contributed by atoms with E-state index < -0.39 is 8.29 Å². The van der Waals surface area contributed by atoms with E-state index in [9.17, 15) is 0 Å². The van der Waals surface area contributed by atoms with Gasteiger partial charge in [0.15, 0.2) is 0 Å². The first kappa shape index (κ1) is 16.5. The number of aliphatic hydroxyl groups is 1. The molecule has 0 amide bonds. The number of aliphatic hydroxyl groups excluding tert-OH is 1. The number of rotatable bonds is 7. The van der Waals surface area contributed by atoms with Crippen molar-refractivity contribution in [2.45, 2.75) is 32.4 Å². The third-order valence-electron chi connectivity index (χ3n) is 4.35. The molecule has 0 saturated carbocycles. The molecule has 0 spiro atoms. The second-order valence-corrected chi connectivity index (χ2v) is 18.7. The van der Waals surface area contributed by atoms with Crippen LogP contribution < -0.4 is 0 Å². The van der Waals surface area contributed by atoms with Crippen molar-refractivity contribution < 1.29 is 9.84 Å². The van der Waals surface area contributed by atoms with Crippen LogP contribution in [0.5, 0.6) is 0 Å². The van der Waals surface area contributed by atoms with Gasteiger partial charge in [-0.15, -0.1) is 5.10 Å². The lowest BCUT2D eigenvalue weighted by molar-refractivity contribution is 0.0790. The minimum Gasteiger partial charge on any atom is -0.390 e. The fourth-order valence-electron chi connectivity index (χ4n) is 1.31. The minimum absolute atomic E-state index is 0.0851. The highest BCUT2D eigenvalue weighted by atomic mass is 32.4. The highest BCUT2D eigenvalue weighted by Gasteiger charge is 2.45. The smallest absolute Gasteiger partial charge is 0.141 e. The summed E-state index contributed by atoms with van der Waals surface area (Å²) in [6.45, 7) is 5.62. The van der Waals surface area contributed by atoms with Crippen LogP contribution in [0.25, 0.3) is 0 Å². The molecule has 19 heavy (non-hydrogen) atoms. The fourth-order valence-corrected chi connectivity index (χ4v) is 2.66. The van der Waals surface area contributed by atoms with Gasteiger partial charge in [-0.05, 0) is 36.0 Å². The van der Waals surface area contributed by atoms with Crippen LogP contribution >= 0.6 is 8.29 Å². The second-order valence-electron chi connectivity index (χ2n) is 7.91. The predicted octanol–water partition coefficient (Wildman–Crippen LogP) is 1.55. The van der Waals surface area contributed by atoms with E-state index in [1.54, 1.807) is 10.9 Å². The molecule has 0 aliphatic heterocycles. The first-order valence-corrected chi connectivity index (χ1v) is 10.9. The lowest BCUT2D eigenvalue weighted by Crippen LogP contribution is -2.44. The van der Waals surface area contributed by atoms with Gasteiger partial charge in [0.1, 0.15) is 12.4 Å². The van der Waals surface area contributed by atoms with E-state index in [-0.39, 0.29) is 6.61 Å². The SMILES string of the molecule is CC(C)S(C)(C)(C)(C)CCOCn1cc(CO)nn1. The number of ether oxygens (including phenoxy) is 1. The summed E-state index contributed by atoms with van der Waals surface area (Å²) < 4.78 is 7.31. The summed E-state index contributed by atoms with van der Waals surface area (Å²) in [6.07, 6.45) is 11.3. The molecule has 0 aliphatic rings. The molecule has 1 rings (SSSR count). The molecule has 0 aromatic carbocycles. The van der Waals surface area contributed by atoms with Crippen molar-refractivity contribution in [3.8, 4) is 0 Å². The van der Waals surface area contributed by atoms with Gasteiger partial charge in [-0.3, -0.25) is 8.29 Å². The third-order valence-corrected chi connectivity index (χ3v) is 10.8. The first-order chi connectivity index (χ1) is 8.47. The summed E-state index contributed by atoms with van der Waals surface area (Å²) >= 11 is 0. The molecule has 114 valence electrons. The van der Waals surface area contributed by atoms with Gasteiger partial charge in [-0.2, -0.15) is 0 Å². The second kappa shape index (κ2) is 4.75. The van der Waals surface area contributed by atoms with E-state index >= 15 is 0 Å². The number of nitrogens with zero attached hydrogens (tertiary/aromatic N) is 3. The average Bonchev–Trinajstić information content (AvgIpc) is 2.71. The van der Waals surface area contributed by atoms with Crippen molar-refractivity contribution in [3.63, 3.8) is 0 Å². The van der Waals surface area contributed by atoms with Crippen molar-refractivity contribution in [2.24, 2.45) is 0 Å². The zero-order valence-corrected chi connectivity index (χ0v) is 13.9. The van der Waals surface area contributed by atoms with Crippen LogP contribution in [0.15, 0.2) is 6.20 Å². The van der Waals surface area contributed by atoms with Gasteiger partial charge >= 0.3 is 0 Å². The summed E-state index contributed by atoms with van der Waals surface area (Å²) in [7, 11) is -2.04. The maximum atomic E-state index is 8.91. The van der Waals surface area contributed by atoms with Crippen LogP contribution in [0.1, 0.15) is 19.5 Å². The first-order valence-electron chi connectivity index (χ1n) is 6.55. The van der Waals surface area contributed by atoms with Crippen LogP contribution in [0, 0.1) is 0 Å². The molecule has 1 heterocycles. The quantitative estimate of drug-likeness (QED) is 0.774. The van der Waals surface area contributed by atoms with Crippen molar-refractivity contribution in [3.05, 3.63) is 11.9 Å². The normalized spacial score (nSPS) is 16.4. The zero-order valence-electron chi connectivity index (χ0n) is 13.1. The Kier molecular flexibility index (Phi) is 4.12. The van der Waals surface area contributed by atoms with Crippen LogP contribution in [0.2, 0.25) is 0 Å². The standard InChI is InChI=1S/C13H29N3O2S/c1-12(2)19(3,4,5,6)8-7-18-11-16-9-13(10-17)14-15-16/h9,12,17H,7-8,10-11H2,1-6H3. The summed E-state index contributed by atoms with van der Waals surface area (Å²) in [6, 6.07) is 0. The van der Waals surface area contributed by atoms with E-state index in [2.05, 4.69) is 49.2 Å². The van der Waals surface area contributed by atoms with E-state index in [1.807, 2.05) is 0 Å². The monoisotopic (exact) mass is 291 g/mol. The van der Waals surface area contributed by atoms with Gasteiger partial charge in [0, 0.05) is 0 Å². The van der Waals surface area contributed by atoms with E-state index in [4.69, 9.17) is 9.84 Å². The van der Waals surface area contributed by atoms with Crippen molar-refractivity contribution in [1.82, 2.24) is 15.0 Å². The molecule has 1 aromatic rings. The lowest BCUT2D eigenvalue weighted by atomic mass is 10.5. The summed E-state index contributed by atoms with van der Waals surface area (Å²) in [4.78, 5) is 0. The third kappa shape index (κ3) is 4.47. The Labute approximate surface area is 115 Å². The molecule has 0 fully saturated rings. The Morgan fingerprint density at radius 1 is 1.32 bits per heavy atom. The molecule has 0 atom stereocenters. The van der Waals surface area contributed by atoms with Crippen LogP contribution in [-0.2, 0) is 18.1 Å². The number of aromatic nitrogens is 3. The van der Waals surface area contributed by atoms with Gasteiger partial charge < -0.3 is 9.84 Å². The van der Waals surface area contributed by atoms with E-state index in [0.29, 0.717) is 24.3 Å². The van der Waals surface area contributed by atoms with Crippen LogP contribution in [0.3, 0.4) is 0 Å². The molecule has 0 saturated heterocycles. The average molecular weight is 291 g/mol. The molecule has 0 bridgehead atoms.